The molecule has 0 amide bonds. The van der Waals surface area contributed by atoms with E-state index >= 15 is 0 Å². The first kappa shape index (κ1) is 58.1. The summed E-state index contributed by atoms with van der Waals surface area (Å²) in [5.74, 6) is -3.86. The molecule has 60 heavy (non-hydrogen) atoms. The summed E-state index contributed by atoms with van der Waals surface area (Å²) in [4.78, 5) is 34.2. The zero-order valence-corrected chi connectivity index (χ0v) is 37.8. The van der Waals surface area contributed by atoms with Crippen LogP contribution in [0.2, 0.25) is 6.04 Å². The first-order valence-corrected chi connectivity index (χ1v) is 23.7. The molecular formula is C40H83N4O15Si+. The van der Waals surface area contributed by atoms with Gasteiger partial charge in [-0.15, -0.1) is 0 Å². The van der Waals surface area contributed by atoms with Crippen molar-refractivity contribution in [3.8, 4) is 0 Å². The highest BCUT2D eigenvalue weighted by molar-refractivity contribution is 6.60. The van der Waals surface area contributed by atoms with Crippen LogP contribution in [-0.2, 0) is 27.7 Å². The molecule has 19 nitrogen and oxygen atoms in total. The van der Waals surface area contributed by atoms with Crippen LogP contribution >= 0.6 is 0 Å². The van der Waals surface area contributed by atoms with Crippen molar-refractivity contribution in [3.63, 3.8) is 0 Å². The molecule has 0 saturated heterocycles. The minimum Gasteiger partial charge on any atom is -0.480 e. The van der Waals surface area contributed by atoms with E-state index < -0.39 is 122 Å². The van der Waals surface area contributed by atoms with Crippen molar-refractivity contribution in [1.82, 2.24) is 16.0 Å². The van der Waals surface area contributed by atoms with Crippen molar-refractivity contribution in [2.45, 2.75) is 132 Å². The number of aliphatic hydroxyl groups is 6. The van der Waals surface area contributed by atoms with E-state index in [1.807, 2.05) is 0 Å². The molecule has 0 spiro atoms. The molecule has 12 N–H and O–H groups in total. The predicted molar refractivity (Wildman–Crippen MR) is 227 cm³/mol. The molecule has 20 heteroatoms. The highest BCUT2D eigenvalue weighted by atomic mass is 28.4. The molecule has 0 atom stereocenters. The second-order valence-electron chi connectivity index (χ2n) is 17.0. The second-order valence-corrected chi connectivity index (χ2v) is 19.7. The highest BCUT2D eigenvalue weighted by Crippen LogP contribution is 2.25. The van der Waals surface area contributed by atoms with E-state index in [4.69, 9.17) is 13.3 Å². The van der Waals surface area contributed by atoms with Crippen molar-refractivity contribution >= 4 is 26.7 Å². The van der Waals surface area contributed by atoms with E-state index in [2.05, 4.69) is 37.0 Å². The van der Waals surface area contributed by atoms with Crippen LogP contribution in [0.25, 0.3) is 0 Å². The number of nitrogens with one attached hydrogen (secondary N) is 3. The van der Waals surface area contributed by atoms with Crippen LogP contribution in [0.4, 0.5) is 0 Å². The summed E-state index contributed by atoms with van der Waals surface area (Å²) in [5, 5.41) is 97.3. The number of carbonyl (C=O) groups is 3. The molecule has 0 aromatic carbocycles. The Bertz CT molecular complexity index is 1040. The third-order valence-corrected chi connectivity index (χ3v) is 13.7. The summed E-state index contributed by atoms with van der Waals surface area (Å²) >= 11 is 0. The molecule has 0 aliphatic rings. The van der Waals surface area contributed by atoms with Crippen molar-refractivity contribution in [3.05, 3.63) is 0 Å². The van der Waals surface area contributed by atoms with Crippen LogP contribution in [-0.4, -0.2) is 200 Å². The zero-order valence-electron chi connectivity index (χ0n) is 36.8. The Balaban J connectivity index is 6.02. The summed E-state index contributed by atoms with van der Waals surface area (Å²) in [5.41, 5.74) is -5.19. The third-order valence-electron chi connectivity index (χ3n) is 11.0. The van der Waals surface area contributed by atoms with Gasteiger partial charge in [0.1, 0.15) is 0 Å². The quantitative estimate of drug-likeness (QED) is 0.0225. The maximum absolute atomic E-state index is 11.4. The van der Waals surface area contributed by atoms with Gasteiger partial charge in [-0.1, -0.05) is 90.4 Å². The smallest absolute Gasteiger partial charge is 0.480 e. The Kier molecular flexibility index (Phi) is 31.7. The van der Waals surface area contributed by atoms with E-state index in [1.54, 1.807) is 0 Å². The maximum Gasteiger partial charge on any atom is 0.501 e. The van der Waals surface area contributed by atoms with E-state index in [9.17, 15) is 60.3 Å². The molecule has 0 heterocycles. The highest BCUT2D eigenvalue weighted by Gasteiger charge is 2.48. The molecule has 0 unspecified atom stereocenters. The lowest BCUT2D eigenvalue weighted by molar-refractivity contribution is -0.890. The molecule has 0 aliphatic carbocycles. The Morgan fingerprint density at radius 3 is 1.00 bits per heavy atom. The summed E-state index contributed by atoms with van der Waals surface area (Å²) in [6.45, 7) is -4.83. The van der Waals surface area contributed by atoms with E-state index in [1.165, 1.54) is 77.0 Å². The van der Waals surface area contributed by atoms with Crippen molar-refractivity contribution in [2.24, 2.45) is 0 Å². The summed E-state index contributed by atoms with van der Waals surface area (Å²) in [6, 6.07) is 0.0111. The van der Waals surface area contributed by atoms with Gasteiger partial charge in [-0.25, -0.2) is 0 Å². The summed E-state index contributed by atoms with van der Waals surface area (Å²) < 4.78 is 19.6. The molecule has 0 bridgehead atoms. The number of carboxylic acid groups (broad SMARTS) is 3. The van der Waals surface area contributed by atoms with Crippen LogP contribution < -0.4 is 16.0 Å². The predicted octanol–water partition coefficient (Wildman–Crippen LogP) is 0.506. The number of nitrogens with zero attached hydrogens (tertiary/aromatic N) is 1. The van der Waals surface area contributed by atoms with Gasteiger partial charge in [0.25, 0.3) is 0 Å². The molecule has 0 aromatic rings. The number of hydrogen-bond acceptors (Lipinski definition) is 15. The van der Waals surface area contributed by atoms with Crippen LogP contribution in [0, 0.1) is 0 Å². The zero-order chi connectivity index (χ0) is 45.4. The topological polar surface area (TPSA) is 297 Å². The van der Waals surface area contributed by atoms with Crippen LogP contribution in [0.1, 0.15) is 110 Å². The van der Waals surface area contributed by atoms with Crippen LogP contribution in [0.15, 0.2) is 0 Å². The number of rotatable bonds is 44. The average molecular weight is 888 g/mol. The number of aliphatic carboxylic acids is 3. The maximum atomic E-state index is 11.4. The average Bonchev–Trinajstić information content (AvgIpc) is 3.22. The Labute approximate surface area is 358 Å². The fourth-order valence-electron chi connectivity index (χ4n) is 6.53. The standard InChI is InChI=1S/C40H82N4O15Si/c1-4-5-6-7-8-9-10-11-12-13-14-15-16-17-18-20-44(2,3)21-19-22-60(57-32-38(26-45,27-46)41-23-35(51)52,58-33-39(28-47,29-48)42-24-36(53)54)59-34-40(30-49,31-50)43-25-37(55)56/h41-43,45-50H,4-34H2,1-3H3,(H2-,51,52,53,54,55,56)/p+1. The fourth-order valence-corrected chi connectivity index (χ4v) is 9.30. The van der Waals surface area contributed by atoms with Gasteiger partial charge in [0, 0.05) is 12.5 Å². The SMILES string of the molecule is CCCCCCCCCCCCCCCCC[N+](C)(C)CCC[Si](OCC(CO)(CO)NCC(=O)O)(OCC(CO)(CO)NCC(=O)O)OCC(CO)(CO)NCC(=O)O. The van der Waals surface area contributed by atoms with Crippen LogP contribution in [0.3, 0.4) is 0 Å². The van der Waals surface area contributed by atoms with E-state index in [0.717, 1.165) is 25.8 Å². The van der Waals surface area contributed by atoms with Gasteiger partial charge in [-0.05, 0) is 12.8 Å². The third kappa shape index (κ3) is 25.9. The molecule has 356 valence electrons. The molecule has 0 radical (unpaired) electrons. The number of aliphatic hydroxyl groups excluding tert-OH is 6. The number of quaternary nitrogens is 1. The lowest BCUT2D eigenvalue weighted by atomic mass is 10.0. The van der Waals surface area contributed by atoms with Gasteiger partial charge < -0.3 is 63.7 Å². The van der Waals surface area contributed by atoms with Crippen molar-refractivity contribution in [2.75, 3.05) is 106 Å². The van der Waals surface area contributed by atoms with Gasteiger partial charge in [-0.3, -0.25) is 30.3 Å². The van der Waals surface area contributed by atoms with Gasteiger partial charge in [0.2, 0.25) is 0 Å². The minimum absolute atomic E-state index is 0.0111. The molecule has 0 fully saturated rings. The van der Waals surface area contributed by atoms with Crippen molar-refractivity contribution < 1.29 is 78.1 Å². The molecule has 0 aliphatic heterocycles. The largest absolute Gasteiger partial charge is 0.501 e. The Morgan fingerprint density at radius 2 is 0.733 bits per heavy atom. The normalized spacial score (nSPS) is 12.9. The lowest BCUT2D eigenvalue weighted by Crippen LogP contribution is -2.64. The van der Waals surface area contributed by atoms with Gasteiger partial charge in [0.05, 0.1) is 123 Å². The molecule has 0 saturated carbocycles. The second kappa shape index (κ2) is 32.7. The minimum atomic E-state index is -4.30. The van der Waals surface area contributed by atoms with Gasteiger partial charge in [0.15, 0.2) is 0 Å². The van der Waals surface area contributed by atoms with Crippen molar-refractivity contribution in [1.29, 1.82) is 0 Å². The monoisotopic (exact) mass is 888 g/mol. The van der Waals surface area contributed by atoms with E-state index in [-0.39, 0.29) is 6.04 Å². The Morgan fingerprint density at radius 1 is 0.467 bits per heavy atom. The van der Waals surface area contributed by atoms with Gasteiger partial charge >= 0.3 is 26.7 Å². The number of unbranched alkanes of at least 4 members (excludes halogenated alkanes) is 14. The summed E-state index contributed by atoms with van der Waals surface area (Å²) in [7, 11) is -0.157. The first-order chi connectivity index (χ1) is 28.5. The molecule has 0 aromatic heterocycles. The molecular weight excluding hydrogens is 805 g/mol. The number of carboxylic acids is 3. The Hall–Kier alpha value is -1.89. The molecule has 0 rings (SSSR count). The lowest BCUT2D eigenvalue weighted by Gasteiger charge is -2.41. The first-order valence-electron chi connectivity index (χ1n) is 21.8. The van der Waals surface area contributed by atoms with E-state index in [0.29, 0.717) is 17.4 Å². The number of hydrogen-bond donors (Lipinski definition) is 12. The summed E-state index contributed by atoms with van der Waals surface area (Å²) in [6.07, 6.45) is 19.3. The van der Waals surface area contributed by atoms with Crippen LogP contribution in [0.5, 0.6) is 0 Å². The fraction of sp³-hybridized carbons (Fsp3) is 0.925. The van der Waals surface area contributed by atoms with Gasteiger partial charge in [-0.2, -0.15) is 0 Å².